The van der Waals surface area contributed by atoms with Gasteiger partial charge in [-0.3, -0.25) is 0 Å². The Morgan fingerprint density at radius 3 is 2.69 bits per heavy atom. The molecule has 1 aromatic rings. The predicted octanol–water partition coefficient (Wildman–Crippen LogP) is 0.0713. The molecular formula is C9H13FN2O3S. The number of hydrogen-bond acceptors (Lipinski definition) is 4. The quantitative estimate of drug-likeness (QED) is 0.723. The minimum Gasteiger partial charge on any atom is -0.489 e. The molecule has 0 unspecified atom stereocenters. The van der Waals surface area contributed by atoms with Crippen LogP contribution in [-0.4, -0.2) is 28.6 Å². The molecule has 90 valence electrons. The smallest absolute Gasteiger partial charge is 0.238 e. The van der Waals surface area contributed by atoms with Crippen LogP contribution in [0.25, 0.3) is 0 Å². The molecule has 1 aromatic carbocycles. The molecule has 0 aliphatic heterocycles. The van der Waals surface area contributed by atoms with Crippen LogP contribution in [0.15, 0.2) is 23.1 Å². The number of primary sulfonamides is 1. The van der Waals surface area contributed by atoms with Crippen LogP contribution in [0.1, 0.15) is 0 Å². The third-order valence-corrected chi connectivity index (χ3v) is 2.75. The number of hydrogen-bond donors (Lipinski definition) is 2. The summed E-state index contributed by atoms with van der Waals surface area (Å²) in [6, 6.07) is 3.28. The topological polar surface area (TPSA) is 81.4 Å². The second kappa shape index (κ2) is 5.24. The molecular weight excluding hydrogens is 235 g/mol. The largest absolute Gasteiger partial charge is 0.489 e. The lowest BCUT2D eigenvalue weighted by Gasteiger charge is -2.07. The van der Waals surface area contributed by atoms with E-state index in [0.717, 1.165) is 6.07 Å². The summed E-state index contributed by atoms with van der Waals surface area (Å²) in [5.41, 5.74) is 0. The second-order valence-corrected chi connectivity index (χ2v) is 4.65. The average Bonchev–Trinajstić information content (AvgIpc) is 2.19. The first kappa shape index (κ1) is 12.9. The fourth-order valence-corrected chi connectivity index (χ4v) is 1.56. The highest BCUT2D eigenvalue weighted by atomic mass is 32.2. The molecule has 0 saturated carbocycles. The van der Waals surface area contributed by atoms with Gasteiger partial charge in [0.15, 0.2) is 11.6 Å². The monoisotopic (exact) mass is 248 g/mol. The Morgan fingerprint density at radius 1 is 1.50 bits per heavy atom. The SMILES string of the molecule is CNCCOc1ccc(S(N)(=O)=O)cc1F. The first-order valence-electron chi connectivity index (χ1n) is 4.55. The number of nitrogens with one attached hydrogen (secondary N) is 1. The minimum absolute atomic E-state index is 0.00245. The molecule has 0 bridgehead atoms. The lowest BCUT2D eigenvalue weighted by atomic mass is 10.3. The summed E-state index contributed by atoms with van der Waals surface area (Å²) in [4.78, 5) is -0.272. The van der Waals surface area contributed by atoms with E-state index >= 15 is 0 Å². The fraction of sp³-hybridized carbons (Fsp3) is 0.333. The van der Waals surface area contributed by atoms with Gasteiger partial charge in [0.2, 0.25) is 10.0 Å². The highest BCUT2D eigenvalue weighted by Crippen LogP contribution is 2.20. The van der Waals surface area contributed by atoms with Crippen molar-refractivity contribution in [1.29, 1.82) is 0 Å². The Hall–Kier alpha value is -1.18. The fourth-order valence-electron chi connectivity index (χ4n) is 1.04. The zero-order chi connectivity index (χ0) is 12.2. The van der Waals surface area contributed by atoms with Crippen molar-refractivity contribution in [3.8, 4) is 5.75 Å². The van der Waals surface area contributed by atoms with Gasteiger partial charge >= 0.3 is 0 Å². The number of halogens is 1. The summed E-state index contributed by atoms with van der Waals surface area (Å²) >= 11 is 0. The molecule has 1 rings (SSSR count). The zero-order valence-electron chi connectivity index (χ0n) is 8.73. The third kappa shape index (κ3) is 3.44. The summed E-state index contributed by atoms with van der Waals surface area (Å²) in [5, 5.41) is 7.68. The Kier molecular flexibility index (Phi) is 4.22. The predicted molar refractivity (Wildman–Crippen MR) is 57.2 cm³/mol. The lowest BCUT2D eigenvalue weighted by Crippen LogP contribution is -2.16. The van der Waals surface area contributed by atoms with Crippen LogP contribution in [0.4, 0.5) is 4.39 Å². The van der Waals surface area contributed by atoms with Gasteiger partial charge in [-0.25, -0.2) is 17.9 Å². The number of rotatable bonds is 5. The third-order valence-electron chi connectivity index (χ3n) is 1.84. The maximum absolute atomic E-state index is 13.3. The molecule has 0 atom stereocenters. The molecule has 3 N–H and O–H groups in total. The van der Waals surface area contributed by atoms with Gasteiger partial charge in [0, 0.05) is 6.54 Å². The van der Waals surface area contributed by atoms with Crippen LogP contribution in [0, 0.1) is 5.82 Å². The second-order valence-electron chi connectivity index (χ2n) is 3.09. The molecule has 0 aromatic heterocycles. The Labute approximate surface area is 93.5 Å². The first-order chi connectivity index (χ1) is 7.45. The first-order valence-corrected chi connectivity index (χ1v) is 6.09. The van der Waals surface area contributed by atoms with E-state index in [2.05, 4.69) is 5.32 Å². The molecule has 0 spiro atoms. The number of likely N-dealkylation sites (N-methyl/N-ethyl adjacent to an activating group) is 1. The van der Waals surface area contributed by atoms with Gasteiger partial charge in [0.25, 0.3) is 0 Å². The van der Waals surface area contributed by atoms with Crippen molar-refractivity contribution in [3.63, 3.8) is 0 Å². The van der Waals surface area contributed by atoms with Gasteiger partial charge < -0.3 is 10.1 Å². The Balaban J connectivity index is 2.84. The Bertz CT molecular complexity index is 462. The van der Waals surface area contributed by atoms with Crippen molar-refractivity contribution in [3.05, 3.63) is 24.0 Å². The van der Waals surface area contributed by atoms with E-state index in [1.54, 1.807) is 7.05 Å². The van der Waals surface area contributed by atoms with Gasteiger partial charge in [0.1, 0.15) is 6.61 Å². The molecule has 0 aliphatic carbocycles. The van der Waals surface area contributed by atoms with Crippen LogP contribution in [0.2, 0.25) is 0 Å². The van der Waals surface area contributed by atoms with Gasteiger partial charge in [-0.05, 0) is 25.2 Å². The van der Waals surface area contributed by atoms with E-state index in [-0.39, 0.29) is 10.6 Å². The van der Waals surface area contributed by atoms with Crippen LogP contribution in [-0.2, 0) is 10.0 Å². The molecule has 16 heavy (non-hydrogen) atoms. The summed E-state index contributed by atoms with van der Waals surface area (Å²) < 4.78 is 40.2. The molecule has 0 saturated heterocycles. The highest BCUT2D eigenvalue weighted by molar-refractivity contribution is 7.89. The van der Waals surface area contributed by atoms with Crippen molar-refractivity contribution < 1.29 is 17.5 Å². The number of benzene rings is 1. The standard InChI is InChI=1S/C9H13FN2O3S/c1-12-4-5-15-9-3-2-7(6-8(9)10)16(11,13)14/h2-3,6,12H,4-5H2,1H3,(H2,11,13,14). The number of ether oxygens (including phenoxy) is 1. The summed E-state index contributed by atoms with van der Waals surface area (Å²) in [6.45, 7) is 0.860. The maximum Gasteiger partial charge on any atom is 0.238 e. The van der Waals surface area contributed by atoms with Crippen molar-refractivity contribution in [2.75, 3.05) is 20.2 Å². The molecule has 0 aliphatic rings. The summed E-state index contributed by atoms with van der Waals surface area (Å²) in [6.07, 6.45) is 0. The number of nitrogens with two attached hydrogens (primary N) is 1. The van der Waals surface area contributed by atoms with E-state index in [1.165, 1.54) is 12.1 Å². The summed E-state index contributed by atoms with van der Waals surface area (Å²) in [7, 11) is -2.14. The molecule has 5 nitrogen and oxygen atoms in total. The zero-order valence-corrected chi connectivity index (χ0v) is 9.55. The van der Waals surface area contributed by atoms with Crippen molar-refractivity contribution in [2.45, 2.75) is 4.90 Å². The van der Waals surface area contributed by atoms with E-state index in [9.17, 15) is 12.8 Å². The van der Waals surface area contributed by atoms with Gasteiger partial charge in [-0.15, -0.1) is 0 Å². The van der Waals surface area contributed by atoms with Crippen molar-refractivity contribution >= 4 is 10.0 Å². The molecule has 0 fully saturated rings. The molecule has 7 heteroatoms. The number of sulfonamides is 1. The Morgan fingerprint density at radius 2 is 2.19 bits per heavy atom. The van der Waals surface area contributed by atoms with E-state index in [0.29, 0.717) is 13.2 Å². The lowest BCUT2D eigenvalue weighted by molar-refractivity contribution is 0.302. The average molecular weight is 248 g/mol. The van der Waals surface area contributed by atoms with Crippen LogP contribution in [0.5, 0.6) is 5.75 Å². The summed E-state index contributed by atoms with van der Waals surface area (Å²) in [5.74, 6) is -0.745. The maximum atomic E-state index is 13.3. The van der Waals surface area contributed by atoms with Gasteiger partial charge in [-0.2, -0.15) is 0 Å². The van der Waals surface area contributed by atoms with Crippen LogP contribution >= 0.6 is 0 Å². The normalized spacial score (nSPS) is 11.4. The molecule has 0 amide bonds. The molecule has 0 radical (unpaired) electrons. The highest BCUT2D eigenvalue weighted by Gasteiger charge is 2.11. The minimum atomic E-state index is -3.88. The van der Waals surface area contributed by atoms with Crippen LogP contribution in [0.3, 0.4) is 0 Å². The van der Waals surface area contributed by atoms with Gasteiger partial charge in [0.05, 0.1) is 4.90 Å². The van der Waals surface area contributed by atoms with Crippen molar-refractivity contribution in [1.82, 2.24) is 5.32 Å². The molecule has 0 heterocycles. The van der Waals surface area contributed by atoms with E-state index in [1.807, 2.05) is 0 Å². The van der Waals surface area contributed by atoms with E-state index < -0.39 is 15.8 Å². The van der Waals surface area contributed by atoms with Crippen molar-refractivity contribution in [2.24, 2.45) is 5.14 Å². The van der Waals surface area contributed by atoms with E-state index in [4.69, 9.17) is 9.88 Å². The van der Waals surface area contributed by atoms with Gasteiger partial charge in [-0.1, -0.05) is 0 Å². The van der Waals surface area contributed by atoms with Crippen LogP contribution < -0.4 is 15.2 Å².